The fourth-order valence-electron chi connectivity index (χ4n) is 3.24. The first-order valence-corrected chi connectivity index (χ1v) is 10.5. The molecular weight excluding hydrogens is 396 g/mol. The Hall–Kier alpha value is -4.18. The lowest BCUT2D eigenvalue weighted by molar-refractivity contribution is 0.0955. The number of hydrazone groups is 1. The lowest BCUT2D eigenvalue weighted by atomic mass is 10.0. The number of ether oxygens (including phenoxy) is 1. The lowest BCUT2D eigenvalue weighted by Crippen LogP contribution is -2.19. The number of benzene rings is 4. The van der Waals surface area contributed by atoms with Gasteiger partial charge in [0.05, 0.1) is 5.71 Å². The Bertz CT molecular complexity index is 1180. The molecule has 1 N–H and O–H groups in total. The summed E-state index contributed by atoms with van der Waals surface area (Å²) in [6, 6.07) is 35.3. The van der Waals surface area contributed by atoms with Crippen LogP contribution in [0.2, 0.25) is 0 Å². The highest BCUT2D eigenvalue weighted by Gasteiger charge is 2.06. The van der Waals surface area contributed by atoms with E-state index >= 15 is 0 Å². The molecular formula is C28H24N2O2. The monoisotopic (exact) mass is 420 g/mol. The van der Waals surface area contributed by atoms with Gasteiger partial charge in [-0.2, -0.15) is 5.10 Å². The van der Waals surface area contributed by atoms with Crippen LogP contribution in [0.15, 0.2) is 114 Å². The number of carbonyl (C=O) groups is 1. The summed E-state index contributed by atoms with van der Waals surface area (Å²) in [5.41, 5.74) is 8.24. The number of hydrogen-bond acceptors (Lipinski definition) is 3. The van der Waals surface area contributed by atoms with Crippen molar-refractivity contribution in [2.45, 2.75) is 13.5 Å². The van der Waals surface area contributed by atoms with Crippen molar-refractivity contribution in [2.75, 3.05) is 0 Å². The summed E-state index contributed by atoms with van der Waals surface area (Å²) in [4.78, 5) is 12.5. The van der Waals surface area contributed by atoms with E-state index in [2.05, 4.69) is 34.8 Å². The van der Waals surface area contributed by atoms with E-state index < -0.39 is 0 Å². The van der Waals surface area contributed by atoms with Gasteiger partial charge in [-0.1, -0.05) is 84.9 Å². The van der Waals surface area contributed by atoms with Crippen LogP contribution in [0.25, 0.3) is 11.1 Å². The van der Waals surface area contributed by atoms with Gasteiger partial charge in [-0.3, -0.25) is 4.79 Å². The largest absolute Gasteiger partial charge is 0.489 e. The molecule has 0 aliphatic rings. The van der Waals surface area contributed by atoms with Crippen LogP contribution in [-0.2, 0) is 6.61 Å². The first-order chi connectivity index (χ1) is 15.7. The molecule has 0 aromatic heterocycles. The zero-order valence-electron chi connectivity index (χ0n) is 17.9. The van der Waals surface area contributed by atoms with Crippen LogP contribution in [0.1, 0.15) is 28.4 Å². The molecule has 1 amide bonds. The molecule has 0 aliphatic heterocycles. The second kappa shape index (κ2) is 10.2. The highest BCUT2D eigenvalue weighted by molar-refractivity contribution is 6.01. The molecule has 0 bridgehead atoms. The Morgan fingerprint density at radius 3 is 1.94 bits per heavy atom. The minimum atomic E-state index is -0.264. The van der Waals surface area contributed by atoms with Crippen LogP contribution < -0.4 is 10.2 Å². The Kier molecular flexibility index (Phi) is 6.73. The topological polar surface area (TPSA) is 50.7 Å². The van der Waals surface area contributed by atoms with Crippen molar-refractivity contribution in [1.29, 1.82) is 0 Å². The second-order valence-corrected chi connectivity index (χ2v) is 7.38. The molecule has 4 aromatic rings. The molecule has 158 valence electrons. The molecule has 4 aromatic carbocycles. The van der Waals surface area contributed by atoms with Crippen LogP contribution in [0.5, 0.6) is 5.75 Å². The highest BCUT2D eigenvalue weighted by atomic mass is 16.5. The summed E-state index contributed by atoms with van der Waals surface area (Å²) in [6.07, 6.45) is 0. The molecule has 0 radical (unpaired) electrons. The molecule has 0 saturated heterocycles. The average molecular weight is 421 g/mol. The number of carbonyl (C=O) groups excluding carboxylic acids is 1. The molecule has 0 aliphatic carbocycles. The molecule has 32 heavy (non-hydrogen) atoms. The van der Waals surface area contributed by atoms with Crippen LogP contribution >= 0.6 is 0 Å². The molecule has 4 rings (SSSR count). The van der Waals surface area contributed by atoms with E-state index in [-0.39, 0.29) is 5.91 Å². The van der Waals surface area contributed by atoms with Crippen LogP contribution in [0, 0.1) is 0 Å². The zero-order chi connectivity index (χ0) is 22.2. The van der Waals surface area contributed by atoms with Gasteiger partial charge in [-0.25, -0.2) is 5.43 Å². The Labute approximate surface area is 188 Å². The normalized spacial score (nSPS) is 11.1. The molecule has 0 fully saturated rings. The maximum atomic E-state index is 12.5. The van der Waals surface area contributed by atoms with E-state index in [0.717, 1.165) is 28.0 Å². The molecule has 0 heterocycles. The van der Waals surface area contributed by atoms with Gasteiger partial charge in [0.1, 0.15) is 12.4 Å². The third-order valence-electron chi connectivity index (χ3n) is 5.10. The summed E-state index contributed by atoms with van der Waals surface area (Å²) < 4.78 is 5.77. The van der Waals surface area contributed by atoms with E-state index in [1.54, 1.807) is 24.3 Å². The predicted molar refractivity (Wildman–Crippen MR) is 129 cm³/mol. The Morgan fingerprint density at radius 2 is 1.28 bits per heavy atom. The van der Waals surface area contributed by atoms with Gasteiger partial charge < -0.3 is 4.74 Å². The van der Waals surface area contributed by atoms with Gasteiger partial charge in [0.15, 0.2) is 0 Å². The number of hydrogen-bond donors (Lipinski definition) is 1. The van der Waals surface area contributed by atoms with Crippen molar-refractivity contribution in [2.24, 2.45) is 5.10 Å². The first-order valence-electron chi connectivity index (χ1n) is 10.5. The summed E-state index contributed by atoms with van der Waals surface area (Å²) in [7, 11) is 0. The van der Waals surface area contributed by atoms with E-state index in [9.17, 15) is 4.79 Å². The van der Waals surface area contributed by atoms with Crippen molar-refractivity contribution >= 4 is 11.6 Å². The smallest absolute Gasteiger partial charge is 0.271 e. The zero-order valence-corrected chi connectivity index (χ0v) is 17.9. The molecule has 0 spiro atoms. The molecule has 4 nitrogen and oxygen atoms in total. The van der Waals surface area contributed by atoms with E-state index in [1.807, 2.05) is 67.6 Å². The standard InChI is InChI=1S/C28H24N2O2/c1-21(23-12-14-25(15-13-23)24-10-6-3-7-11-24)29-30-28(31)26-16-18-27(19-17-26)32-20-22-8-4-2-5-9-22/h2-19H,20H2,1H3,(H,30,31)/b29-21+. The van der Waals surface area contributed by atoms with Gasteiger partial charge in [0, 0.05) is 5.56 Å². The Balaban J connectivity index is 1.34. The van der Waals surface area contributed by atoms with Gasteiger partial charge in [-0.15, -0.1) is 0 Å². The van der Waals surface area contributed by atoms with Gasteiger partial charge >= 0.3 is 0 Å². The van der Waals surface area contributed by atoms with Gasteiger partial charge in [-0.05, 0) is 53.4 Å². The third kappa shape index (κ3) is 5.49. The van der Waals surface area contributed by atoms with Crippen molar-refractivity contribution in [1.82, 2.24) is 5.43 Å². The minimum absolute atomic E-state index is 0.264. The minimum Gasteiger partial charge on any atom is -0.489 e. The van der Waals surface area contributed by atoms with E-state index in [1.165, 1.54) is 0 Å². The molecule has 0 unspecified atom stereocenters. The second-order valence-electron chi connectivity index (χ2n) is 7.38. The van der Waals surface area contributed by atoms with Crippen LogP contribution in [0.3, 0.4) is 0 Å². The van der Waals surface area contributed by atoms with E-state index in [0.29, 0.717) is 17.9 Å². The van der Waals surface area contributed by atoms with Gasteiger partial charge in [0.25, 0.3) is 5.91 Å². The fraction of sp³-hybridized carbons (Fsp3) is 0.0714. The van der Waals surface area contributed by atoms with Crippen molar-refractivity contribution in [3.8, 4) is 16.9 Å². The van der Waals surface area contributed by atoms with Gasteiger partial charge in [0.2, 0.25) is 0 Å². The summed E-state index contributed by atoms with van der Waals surface area (Å²) in [5.74, 6) is 0.448. The summed E-state index contributed by atoms with van der Waals surface area (Å²) >= 11 is 0. The van der Waals surface area contributed by atoms with Crippen molar-refractivity contribution < 1.29 is 9.53 Å². The summed E-state index contributed by atoms with van der Waals surface area (Å²) in [6.45, 7) is 2.36. The fourth-order valence-corrected chi connectivity index (χ4v) is 3.24. The maximum Gasteiger partial charge on any atom is 0.271 e. The number of nitrogens with one attached hydrogen (secondary N) is 1. The highest BCUT2D eigenvalue weighted by Crippen LogP contribution is 2.19. The van der Waals surface area contributed by atoms with Crippen molar-refractivity contribution in [3.05, 3.63) is 126 Å². The molecule has 0 saturated carbocycles. The van der Waals surface area contributed by atoms with Crippen LogP contribution in [-0.4, -0.2) is 11.6 Å². The van der Waals surface area contributed by atoms with Crippen LogP contribution in [0.4, 0.5) is 0 Å². The summed E-state index contributed by atoms with van der Waals surface area (Å²) in [5, 5.41) is 4.26. The molecule has 4 heteroatoms. The quantitative estimate of drug-likeness (QED) is 0.291. The van der Waals surface area contributed by atoms with E-state index in [4.69, 9.17) is 4.74 Å². The number of amides is 1. The predicted octanol–water partition coefficient (Wildman–Crippen LogP) is 6.09. The SMILES string of the molecule is C/C(=N\NC(=O)c1ccc(OCc2ccccc2)cc1)c1ccc(-c2ccccc2)cc1. The first kappa shape index (κ1) is 21.1. The number of rotatable bonds is 7. The maximum absolute atomic E-state index is 12.5. The molecule has 0 atom stereocenters. The number of nitrogens with zero attached hydrogens (tertiary/aromatic N) is 1. The average Bonchev–Trinajstić information content (AvgIpc) is 2.87. The van der Waals surface area contributed by atoms with Crippen molar-refractivity contribution in [3.63, 3.8) is 0 Å². The third-order valence-corrected chi connectivity index (χ3v) is 5.10. The lowest BCUT2D eigenvalue weighted by Gasteiger charge is -2.07. The Morgan fingerprint density at radius 1 is 0.719 bits per heavy atom.